The fourth-order valence-electron chi connectivity index (χ4n) is 2.37. The highest BCUT2D eigenvalue weighted by Crippen LogP contribution is 2.28. The molecule has 1 aromatic carbocycles. The summed E-state index contributed by atoms with van der Waals surface area (Å²) < 4.78 is 7.39. The Morgan fingerprint density at radius 1 is 1.45 bits per heavy atom. The van der Waals surface area contributed by atoms with E-state index in [9.17, 15) is 0 Å². The Labute approximate surface area is 124 Å². The van der Waals surface area contributed by atoms with E-state index in [1.165, 1.54) is 5.56 Å². The van der Waals surface area contributed by atoms with Crippen LogP contribution in [0, 0.1) is 0 Å². The highest BCUT2D eigenvalue weighted by Gasteiger charge is 2.20. The fraction of sp³-hybridized carbons (Fsp3) is 0.400. The molecule has 0 fully saturated rings. The first-order valence-electron chi connectivity index (χ1n) is 6.71. The first-order chi connectivity index (χ1) is 9.69. The van der Waals surface area contributed by atoms with Crippen LogP contribution in [0.4, 0.5) is 0 Å². The van der Waals surface area contributed by atoms with Gasteiger partial charge in [0.1, 0.15) is 0 Å². The van der Waals surface area contributed by atoms with Gasteiger partial charge in [-0.2, -0.15) is 5.10 Å². The third-order valence-electron chi connectivity index (χ3n) is 3.37. The zero-order chi connectivity index (χ0) is 14.5. The number of halogens is 1. The zero-order valence-corrected chi connectivity index (χ0v) is 12.8. The molecule has 5 heteroatoms. The molecule has 0 saturated heterocycles. The molecule has 1 atom stereocenters. The Morgan fingerprint density at radius 3 is 2.85 bits per heavy atom. The van der Waals surface area contributed by atoms with Crippen molar-refractivity contribution >= 4 is 11.6 Å². The minimum atomic E-state index is 0.130. The Morgan fingerprint density at radius 2 is 2.25 bits per heavy atom. The summed E-state index contributed by atoms with van der Waals surface area (Å²) in [5, 5.41) is 8.45. The summed E-state index contributed by atoms with van der Waals surface area (Å²) in [6.45, 7) is 2.88. The van der Waals surface area contributed by atoms with Crippen molar-refractivity contribution < 1.29 is 4.74 Å². The van der Waals surface area contributed by atoms with Crippen LogP contribution >= 0.6 is 11.6 Å². The summed E-state index contributed by atoms with van der Waals surface area (Å²) in [5.41, 5.74) is 2.25. The zero-order valence-electron chi connectivity index (χ0n) is 12.1. The van der Waals surface area contributed by atoms with E-state index in [0.717, 1.165) is 29.4 Å². The lowest BCUT2D eigenvalue weighted by atomic mass is 10.0. The van der Waals surface area contributed by atoms with Crippen LogP contribution in [0.25, 0.3) is 0 Å². The molecule has 0 aliphatic rings. The number of aromatic nitrogens is 2. The monoisotopic (exact) mass is 293 g/mol. The SMILES string of the molecule is CCn1ncc(OC)c1C(Cc1cccc(Cl)c1)NC. The topological polar surface area (TPSA) is 39.1 Å². The van der Waals surface area contributed by atoms with Gasteiger partial charge in [-0.25, -0.2) is 0 Å². The van der Waals surface area contributed by atoms with Crippen LogP contribution in [0.2, 0.25) is 5.02 Å². The van der Waals surface area contributed by atoms with Crippen molar-refractivity contribution in [2.24, 2.45) is 0 Å². The summed E-state index contributed by atoms with van der Waals surface area (Å²) >= 11 is 6.05. The lowest BCUT2D eigenvalue weighted by molar-refractivity contribution is 0.394. The van der Waals surface area contributed by atoms with Crippen molar-refractivity contribution in [3.05, 3.63) is 46.7 Å². The van der Waals surface area contributed by atoms with Crippen molar-refractivity contribution in [1.29, 1.82) is 0 Å². The van der Waals surface area contributed by atoms with Gasteiger partial charge in [0.15, 0.2) is 5.75 Å². The largest absolute Gasteiger partial charge is 0.493 e. The summed E-state index contributed by atoms with van der Waals surface area (Å²) in [5.74, 6) is 0.813. The quantitative estimate of drug-likeness (QED) is 0.890. The summed E-state index contributed by atoms with van der Waals surface area (Å²) in [6.07, 6.45) is 2.60. The highest BCUT2D eigenvalue weighted by molar-refractivity contribution is 6.30. The second kappa shape index (κ2) is 6.77. The standard InChI is InChI=1S/C15H20ClN3O/c1-4-19-15(14(20-3)10-18-19)13(17-2)9-11-6-5-7-12(16)8-11/h5-8,10,13,17H,4,9H2,1-3H3. The number of hydrogen-bond acceptors (Lipinski definition) is 3. The molecular formula is C15H20ClN3O. The van der Waals surface area contributed by atoms with Gasteiger partial charge in [-0.3, -0.25) is 4.68 Å². The number of nitrogens with zero attached hydrogens (tertiary/aromatic N) is 2. The van der Waals surface area contributed by atoms with Crippen LogP contribution in [-0.4, -0.2) is 23.9 Å². The molecule has 4 nitrogen and oxygen atoms in total. The average molecular weight is 294 g/mol. The molecule has 0 saturated carbocycles. The molecule has 1 aromatic heterocycles. The van der Waals surface area contributed by atoms with Crippen LogP contribution in [0.1, 0.15) is 24.2 Å². The van der Waals surface area contributed by atoms with Gasteiger partial charge in [-0.1, -0.05) is 23.7 Å². The maximum absolute atomic E-state index is 6.05. The van der Waals surface area contributed by atoms with E-state index in [1.807, 2.05) is 29.9 Å². The van der Waals surface area contributed by atoms with E-state index in [-0.39, 0.29) is 6.04 Å². The minimum absolute atomic E-state index is 0.130. The van der Waals surface area contributed by atoms with Gasteiger partial charge >= 0.3 is 0 Å². The molecule has 0 aliphatic heterocycles. The Balaban J connectivity index is 2.30. The number of aryl methyl sites for hydroxylation is 1. The number of ether oxygens (including phenoxy) is 1. The molecule has 20 heavy (non-hydrogen) atoms. The van der Waals surface area contributed by atoms with Crippen molar-refractivity contribution in [1.82, 2.24) is 15.1 Å². The Hall–Kier alpha value is -1.52. The Kier molecular flexibility index (Phi) is 5.04. The van der Waals surface area contributed by atoms with Crippen LogP contribution < -0.4 is 10.1 Å². The molecule has 1 unspecified atom stereocenters. The van der Waals surface area contributed by atoms with Gasteiger partial charge in [-0.05, 0) is 38.1 Å². The van der Waals surface area contributed by atoms with E-state index in [0.29, 0.717) is 0 Å². The normalized spacial score (nSPS) is 12.4. The van der Waals surface area contributed by atoms with Crippen LogP contribution in [0.3, 0.4) is 0 Å². The van der Waals surface area contributed by atoms with E-state index >= 15 is 0 Å². The first kappa shape index (κ1) is 14.9. The van der Waals surface area contributed by atoms with Gasteiger partial charge in [0.25, 0.3) is 0 Å². The number of rotatable bonds is 6. The molecular weight excluding hydrogens is 274 g/mol. The number of likely N-dealkylation sites (N-methyl/N-ethyl adjacent to an activating group) is 1. The van der Waals surface area contributed by atoms with Crippen LogP contribution in [0.15, 0.2) is 30.5 Å². The predicted octanol–water partition coefficient (Wildman–Crippen LogP) is 3.07. The van der Waals surface area contributed by atoms with Crippen LogP contribution in [-0.2, 0) is 13.0 Å². The molecule has 2 aromatic rings. The van der Waals surface area contributed by atoms with Crippen molar-refractivity contribution in [2.45, 2.75) is 25.9 Å². The molecule has 0 spiro atoms. The molecule has 0 bridgehead atoms. The van der Waals surface area contributed by atoms with Crippen molar-refractivity contribution in [3.8, 4) is 5.75 Å². The lowest BCUT2D eigenvalue weighted by Crippen LogP contribution is -2.23. The minimum Gasteiger partial charge on any atom is -0.493 e. The van der Waals surface area contributed by atoms with E-state index in [2.05, 4.69) is 23.4 Å². The number of hydrogen-bond donors (Lipinski definition) is 1. The van der Waals surface area contributed by atoms with E-state index in [4.69, 9.17) is 16.3 Å². The molecule has 0 amide bonds. The average Bonchev–Trinajstić information content (AvgIpc) is 2.87. The smallest absolute Gasteiger partial charge is 0.161 e. The van der Waals surface area contributed by atoms with Crippen LogP contribution in [0.5, 0.6) is 5.75 Å². The number of nitrogens with one attached hydrogen (secondary N) is 1. The highest BCUT2D eigenvalue weighted by atomic mass is 35.5. The van der Waals surface area contributed by atoms with Crippen molar-refractivity contribution in [2.75, 3.05) is 14.2 Å². The molecule has 2 rings (SSSR count). The van der Waals surface area contributed by atoms with E-state index < -0.39 is 0 Å². The molecule has 1 N–H and O–H groups in total. The van der Waals surface area contributed by atoms with Gasteiger partial charge < -0.3 is 10.1 Å². The van der Waals surface area contributed by atoms with Gasteiger partial charge in [0.2, 0.25) is 0 Å². The third kappa shape index (κ3) is 3.14. The van der Waals surface area contributed by atoms with Gasteiger partial charge in [-0.15, -0.1) is 0 Å². The fourth-order valence-corrected chi connectivity index (χ4v) is 2.59. The maximum Gasteiger partial charge on any atom is 0.161 e. The first-order valence-corrected chi connectivity index (χ1v) is 7.08. The van der Waals surface area contributed by atoms with E-state index in [1.54, 1.807) is 13.3 Å². The lowest BCUT2D eigenvalue weighted by Gasteiger charge is -2.19. The summed E-state index contributed by atoms with van der Waals surface area (Å²) in [6, 6.07) is 8.06. The Bertz CT molecular complexity index is 546. The number of methoxy groups -OCH3 is 1. The van der Waals surface area contributed by atoms with Gasteiger partial charge in [0.05, 0.1) is 25.0 Å². The van der Waals surface area contributed by atoms with Gasteiger partial charge in [0, 0.05) is 11.6 Å². The molecule has 0 radical (unpaired) electrons. The second-order valence-corrected chi connectivity index (χ2v) is 5.03. The molecule has 0 aliphatic carbocycles. The van der Waals surface area contributed by atoms with Crippen molar-refractivity contribution in [3.63, 3.8) is 0 Å². The second-order valence-electron chi connectivity index (χ2n) is 4.59. The molecule has 108 valence electrons. The predicted molar refractivity (Wildman–Crippen MR) is 81.4 cm³/mol. The summed E-state index contributed by atoms with van der Waals surface area (Å²) in [4.78, 5) is 0. The third-order valence-corrected chi connectivity index (χ3v) is 3.61. The number of benzene rings is 1. The summed E-state index contributed by atoms with van der Waals surface area (Å²) in [7, 11) is 3.62. The maximum atomic E-state index is 6.05. The molecule has 1 heterocycles.